The van der Waals surface area contributed by atoms with E-state index in [0.29, 0.717) is 11.6 Å². The van der Waals surface area contributed by atoms with E-state index in [0.717, 1.165) is 12.4 Å². The van der Waals surface area contributed by atoms with Crippen LogP contribution in [0, 0.1) is 0 Å². The van der Waals surface area contributed by atoms with Gasteiger partial charge in [-0.25, -0.2) is 0 Å². The van der Waals surface area contributed by atoms with Crippen LogP contribution in [0.4, 0.5) is 11.5 Å². The summed E-state index contributed by atoms with van der Waals surface area (Å²) in [6.07, 6.45) is 0. The molecule has 2 aromatic rings. The largest absolute Gasteiger partial charge is 0.470 e. The lowest BCUT2D eigenvalue weighted by molar-refractivity contribution is 0.125. The highest BCUT2D eigenvalue weighted by Gasteiger charge is 2.16. The number of anilines is 2. The van der Waals surface area contributed by atoms with Gasteiger partial charge < -0.3 is 15.4 Å². The maximum atomic E-state index is 5.93. The fourth-order valence-corrected chi connectivity index (χ4v) is 2.50. The number of aromatic nitrogens is 1. The van der Waals surface area contributed by atoms with Crippen LogP contribution in [0.5, 0.6) is 5.88 Å². The van der Waals surface area contributed by atoms with Gasteiger partial charge in [-0.05, 0) is 44.4 Å². The van der Waals surface area contributed by atoms with Gasteiger partial charge >= 0.3 is 0 Å². The molecule has 0 saturated heterocycles. The standard InChI is InChI=1S/C15H21N3OS/c1-15(2,3)19-14-12(16)7-8-13(17-14)18(4)10-11-6-5-9-20-11/h5-9H,10,16H2,1-4H3. The lowest BCUT2D eigenvalue weighted by Crippen LogP contribution is -2.25. The predicted octanol–water partition coefficient (Wildman–Crippen LogP) is 3.54. The summed E-state index contributed by atoms with van der Waals surface area (Å²) in [5.41, 5.74) is 6.18. The highest BCUT2D eigenvalue weighted by molar-refractivity contribution is 7.09. The molecule has 0 amide bonds. The normalized spacial score (nSPS) is 11.4. The van der Waals surface area contributed by atoms with Crippen molar-refractivity contribution in [3.8, 4) is 5.88 Å². The van der Waals surface area contributed by atoms with Crippen molar-refractivity contribution in [2.24, 2.45) is 0 Å². The molecule has 0 aliphatic rings. The zero-order valence-electron chi connectivity index (χ0n) is 12.4. The third-order valence-corrected chi connectivity index (χ3v) is 3.50. The summed E-state index contributed by atoms with van der Waals surface area (Å²) in [4.78, 5) is 7.90. The van der Waals surface area contributed by atoms with Gasteiger partial charge in [-0.2, -0.15) is 4.98 Å². The van der Waals surface area contributed by atoms with Gasteiger partial charge in [0.15, 0.2) is 0 Å². The zero-order valence-corrected chi connectivity index (χ0v) is 13.2. The minimum absolute atomic E-state index is 0.313. The molecule has 0 radical (unpaired) electrons. The highest BCUT2D eigenvalue weighted by Crippen LogP contribution is 2.27. The van der Waals surface area contributed by atoms with Crippen LogP contribution in [0.25, 0.3) is 0 Å². The number of hydrogen-bond donors (Lipinski definition) is 1. The van der Waals surface area contributed by atoms with Gasteiger partial charge in [0.1, 0.15) is 11.4 Å². The molecule has 0 aromatic carbocycles. The van der Waals surface area contributed by atoms with E-state index in [1.54, 1.807) is 11.3 Å². The lowest BCUT2D eigenvalue weighted by atomic mass is 10.2. The first-order valence-corrected chi connectivity index (χ1v) is 7.42. The summed E-state index contributed by atoms with van der Waals surface area (Å²) in [6.45, 7) is 6.77. The second kappa shape index (κ2) is 5.71. The number of rotatable bonds is 4. The van der Waals surface area contributed by atoms with Crippen LogP contribution in [0.2, 0.25) is 0 Å². The molecule has 0 unspecified atom stereocenters. The van der Waals surface area contributed by atoms with E-state index >= 15 is 0 Å². The molecule has 0 atom stereocenters. The average Bonchev–Trinajstić information content (AvgIpc) is 2.83. The Morgan fingerprint density at radius 2 is 2.05 bits per heavy atom. The number of pyridine rings is 1. The van der Waals surface area contributed by atoms with Crippen molar-refractivity contribution in [3.63, 3.8) is 0 Å². The van der Waals surface area contributed by atoms with Gasteiger partial charge in [-0.15, -0.1) is 11.3 Å². The highest BCUT2D eigenvalue weighted by atomic mass is 32.1. The van der Waals surface area contributed by atoms with E-state index in [2.05, 4.69) is 27.4 Å². The second-order valence-electron chi connectivity index (χ2n) is 5.71. The number of hydrogen-bond acceptors (Lipinski definition) is 5. The van der Waals surface area contributed by atoms with Gasteiger partial charge in [-0.3, -0.25) is 0 Å². The topological polar surface area (TPSA) is 51.4 Å². The van der Waals surface area contributed by atoms with E-state index in [1.807, 2.05) is 40.0 Å². The van der Waals surface area contributed by atoms with Crippen molar-refractivity contribution in [2.45, 2.75) is 32.9 Å². The van der Waals surface area contributed by atoms with Crippen molar-refractivity contribution in [3.05, 3.63) is 34.5 Å². The molecule has 0 aliphatic heterocycles. The Bertz CT molecular complexity index is 561. The van der Waals surface area contributed by atoms with Crippen LogP contribution in [0.1, 0.15) is 25.6 Å². The molecular weight excluding hydrogens is 270 g/mol. The number of ether oxygens (including phenoxy) is 1. The molecule has 108 valence electrons. The molecule has 4 nitrogen and oxygen atoms in total. The summed E-state index contributed by atoms with van der Waals surface area (Å²) in [5.74, 6) is 1.35. The Kier molecular flexibility index (Phi) is 4.18. The SMILES string of the molecule is CN(Cc1cccs1)c1ccc(N)c(OC(C)(C)C)n1. The molecule has 0 spiro atoms. The molecule has 2 aromatic heterocycles. The van der Waals surface area contributed by atoms with Gasteiger partial charge in [0.2, 0.25) is 5.88 Å². The van der Waals surface area contributed by atoms with Crippen molar-refractivity contribution in [2.75, 3.05) is 17.7 Å². The van der Waals surface area contributed by atoms with Gasteiger partial charge in [-0.1, -0.05) is 6.07 Å². The van der Waals surface area contributed by atoms with Crippen LogP contribution >= 0.6 is 11.3 Å². The Morgan fingerprint density at radius 1 is 1.30 bits per heavy atom. The smallest absolute Gasteiger partial charge is 0.239 e. The second-order valence-corrected chi connectivity index (χ2v) is 6.75. The van der Waals surface area contributed by atoms with E-state index in [-0.39, 0.29) is 5.60 Å². The Morgan fingerprint density at radius 3 is 2.65 bits per heavy atom. The maximum Gasteiger partial charge on any atom is 0.239 e. The lowest BCUT2D eigenvalue weighted by Gasteiger charge is -2.23. The summed E-state index contributed by atoms with van der Waals surface area (Å²) in [7, 11) is 2.01. The van der Waals surface area contributed by atoms with Crippen molar-refractivity contribution < 1.29 is 4.74 Å². The van der Waals surface area contributed by atoms with Crippen LogP contribution in [0.15, 0.2) is 29.6 Å². The Labute approximate surface area is 124 Å². The molecule has 0 bridgehead atoms. The van der Waals surface area contributed by atoms with Crippen LogP contribution in [-0.4, -0.2) is 17.6 Å². The minimum Gasteiger partial charge on any atom is -0.470 e. The molecule has 2 N–H and O–H groups in total. The molecule has 20 heavy (non-hydrogen) atoms. The van der Waals surface area contributed by atoms with E-state index in [4.69, 9.17) is 10.5 Å². The first-order chi connectivity index (χ1) is 9.35. The zero-order chi connectivity index (χ0) is 14.8. The Hall–Kier alpha value is -1.75. The van der Waals surface area contributed by atoms with Crippen molar-refractivity contribution in [1.82, 2.24) is 4.98 Å². The summed E-state index contributed by atoms with van der Waals surface area (Å²) >= 11 is 1.74. The quantitative estimate of drug-likeness (QED) is 0.936. The predicted molar refractivity (Wildman–Crippen MR) is 85.5 cm³/mol. The summed E-state index contributed by atoms with van der Waals surface area (Å²) in [6, 6.07) is 7.93. The fourth-order valence-electron chi connectivity index (χ4n) is 1.74. The molecule has 0 saturated carbocycles. The van der Waals surface area contributed by atoms with Gasteiger partial charge in [0, 0.05) is 11.9 Å². The number of nitrogens with zero attached hydrogens (tertiary/aromatic N) is 2. The third kappa shape index (κ3) is 3.87. The van der Waals surface area contributed by atoms with Gasteiger partial charge in [0.05, 0.1) is 12.2 Å². The van der Waals surface area contributed by atoms with E-state index in [9.17, 15) is 0 Å². The minimum atomic E-state index is -0.313. The number of thiophene rings is 1. The molecule has 2 rings (SSSR count). The Balaban J connectivity index is 2.18. The molecule has 0 aliphatic carbocycles. The first kappa shape index (κ1) is 14.7. The number of nitrogen functional groups attached to an aromatic ring is 1. The molecule has 2 heterocycles. The van der Waals surface area contributed by atoms with Crippen LogP contribution < -0.4 is 15.4 Å². The molecule has 5 heteroatoms. The van der Waals surface area contributed by atoms with E-state index in [1.165, 1.54) is 4.88 Å². The third-order valence-electron chi connectivity index (χ3n) is 2.64. The molecule has 0 fully saturated rings. The summed E-state index contributed by atoms with van der Waals surface area (Å²) in [5, 5.41) is 2.08. The molecular formula is C15H21N3OS. The van der Waals surface area contributed by atoms with E-state index < -0.39 is 0 Å². The van der Waals surface area contributed by atoms with Crippen LogP contribution in [-0.2, 0) is 6.54 Å². The fraction of sp³-hybridized carbons (Fsp3) is 0.400. The first-order valence-electron chi connectivity index (χ1n) is 6.54. The monoisotopic (exact) mass is 291 g/mol. The summed E-state index contributed by atoms with van der Waals surface area (Å²) < 4.78 is 5.80. The van der Waals surface area contributed by atoms with Crippen molar-refractivity contribution >= 4 is 22.8 Å². The van der Waals surface area contributed by atoms with Crippen molar-refractivity contribution in [1.29, 1.82) is 0 Å². The van der Waals surface area contributed by atoms with Gasteiger partial charge in [0.25, 0.3) is 0 Å². The number of nitrogens with two attached hydrogens (primary N) is 1. The maximum absolute atomic E-state index is 5.93. The van der Waals surface area contributed by atoms with Crippen LogP contribution in [0.3, 0.4) is 0 Å². The average molecular weight is 291 g/mol.